The molecular weight excluding hydrogens is 330 g/mol. The zero-order chi connectivity index (χ0) is 16.9. The fraction of sp³-hybridized carbons (Fsp3) is 1.00. The summed E-state index contributed by atoms with van der Waals surface area (Å²) in [5, 5.41) is 3.22. The van der Waals surface area contributed by atoms with Crippen LogP contribution in [0.1, 0.15) is 6.42 Å². The molecule has 0 saturated heterocycles. The quantitative estimate of drug-likeness (QED) is 0.466. The van der Waals surface area contributed by atoms with Gasteiger partial charge in [-0.25, -0.2) is 0 Å². The van der Waals surface area contributed by atoms with E-state index in [1.807, 2.05) is 7.05 Å². The Hall–Kier alpha value is 0.708. The van der Waals surface area contributed by atoms with Crippen molar-refractivity contribution in [1.29, 1.82) is 0 Å². The number of rotatable bonds is 10. The van der Waals surface area contributed by atoms with Gasteiger partial charge in [-0.2, -0.15) is 0 Å². The molecule has 0 aromatic rings. The third kappa shape index (κ3) is 11.9. The number of hydrogen-bond acceptors (Lipinski definition) is 4. The molecule has 0 radical (unpaired) electrons. The lowest BCUT2D eigenvalue weighted by atomic mass is 10.5. The summed E-state index contributed by atoms with van der Waals surface area (Å²) in [6.45, 7) is 21.1. The van der Waals surface area contributed by atoms with Gasteiger partial charge in [-0.15, -0.1) is 0 Å². The van der Waals surface area contributed by atoms with Crippen LogP contribution in [0.15, 0.2) is 0 Å². The van der Waals surface area contributed by atoms with Crippen LogP contribution in [0.2, 0.25) is 65.0 Å². The molecule has 21 heavy (non-hydrogen) atoms. The van der Waals surface area contributed by atoms with Crippen molar-refractivity contribution in [2.45, 2.75) is 71.4 Å². The van der Waals surface area contributed by atoms with Crippen LogP contribution in [0.25, 0.3) is 0 Å². The average molecular weight is 368 g/mol. The molecule has 0 aliphatic rings. The SMILES string of the molecule is CNCCC[Si](O[Si](C)(C)C)(O[Si](C)(C)C)O[Si](C)(C)C. The Bertz CT molecular complexity index is 267. The minimum Gasteiger partial charge on any atom is -0.417 e. The van der Waals surface area contributed by atoms with E-state index < -0.39 is 33.8 Å². The lowest BCUT2D eigenvalue weighted by molar-refractivity contribution is 0.250. The number of hydrogen-bond donors (Lipinski definition) is 1. The molecule has 0 unspecified atom stereocenters. The van der Waals surface area contributed by atoms with Crippen LogP contribution in [-0.2, 0) is 12.3 Å². The molecule has 4 nitrogen and oxygen atoms in total. The van der Waals surface area contributed by atoms with Gasteiger partial charge in [0.15, 0.2) is 25.0 Å². The summed E-state index contributed by atoms with van der Waals surface area (Å²) in [6, 6.07) is 0.923. The molecule has 1 N–H and O–H groups in total. The highest BCUT2D eigenvalue weighted by molar-refractivity contribution is 6.90. The van der Waals surface area contributed by atoms with E-state index in [0.717, 1.165) is 19.0 Å². The largest absolute Gasteiger partial charge is 0.469 e. The standard InChI is InChI=1S/C13H37NO3Si4/c1-14-12-11-13-21(15-18(2,3)4,16-19(5,6)7)17-20(8,9)10/h14H,11-13H2,1-10H3. The molecular formula is C13H37NO3Si4. The zero-order valence-electron chi connectivity index (χ0n) is 15.8. The Balaban J connectivity index is 5.36. The second-order valence-corrected chi connectivity index (χ2v) is 25.5. The molecule has 128 valence electrons. The molecule has 0 fully saturated rings. The van der Waals surface area contributed by atoms with Crippen LogP contribution in [0.4, 0.5) is 0 Å². The summed E-state index contributed by atoms with van der Waals surface area (Å²) in [7, 11) is -5.76. The fourth-order valence-electron chi connectivity index (χ4n) is 2.10. The smallest absolute Gasteiger partial charge is 0.417 e. The van der Waals surface area contributed by atoms with Gasteiger partial charge in [0.2, 0.25) is 0 Å². The zero-order valence-corrected chi connectivity index (χ0v) is 19.8. The molecule has 0 spiro atoms. The van der Waals surface area contributed by atoms with Crippen molar-refractivity contribution in [2.75, 3.05) is 13.6 Å². The highest BCUT2D eigenvalue weighted by Crippen LogP contribution is 2.29. The third-order valence-electron chi connectivity index (χ3n) is 2.29. The minimum atomic E-state index is -2.59. The summed E-state index contributed by atoms with van der Waals surface area (Å²) in [5.74, 6) is 0. The molecule has 0 amide bonds. The van der Waals surface area contributed by atoms with E-state index >= 15 is 0 Å². The maximum Gasteiger partial charge on any atom is 0.469 e. The van der Waals surface area contributed by atoms with Crippen molar-refractivity contribution in [3.8, 4) is 0 Å². The highest BCUT2D eigenvalue weighted by atomic mass is 28.5. The van der Waals surface area contributed by atoms with Crippen molar-refractivity contribution >= 4 is 33.8 Å². The maximum absolute atomic E-state index is 6.60. The van der Waals surface area contributed by atoms with Crippen molar-refractivity contribution in [1.82, 2.24) is 5.32 Å². The first kappa shape index (κ1) is 21.7. The molecule has 0 atom stereocenters. The predicted octanol–water partition coefficient (Wildman–Crippen LogP) is 4.09. The first-order chi connectivity index (χ1) is 9.18. The van der Waals surface area contributed by atoms with E-state index in [1.54, 1.807) is 0 Å². The van der Waals surface area contributed by atoms with Gasteiger partial charge in [0, 0.05) is 6.04 Å². The van der Waals surface area contributed by atoms with E-state index in [-0.39, 0.29) is 0 Å². The molecule has 0 aromatic heterocycles. The molecule has 0 bridgehead atoms. The van der Waals surface area contributed by atoms with E-state index in [2.05, 4.69) is 64.2 Å². The van der Waals surface area contributed by atoms with Crippen LogP contribution in [-0.4, -0.2) is 47.3 Å². The van der Waals surface area contributed by atoms with Gasteiger partial charge in [-0.05, 0) is 78.9 Å². The van der Waals surface area contributed by atoms with Crippen molar-refractivity contribution in [3.05, 3.63) is 0 Å². The lowest BCUT2D eigenvalue weighted by Crippen LogP contribution is -2.60. The van der Waals surface area contributed by atoms with Crippen LogP contribution >= 0.6 is 0 Å². The Morgan fingerprint density at radius 1 is 0.667 bits per heavy atom. The van der Waals surface area contributed by atoms with Gasteiger partial charge in [-0.1, -0.05) is 0 Å². The van der Waals surface area contributed by atoms with E-state index in [9.17, 15) is 0 Å². The molecule has 0 saturated carbocycles. The van der Waals surface area contributed by atoms with E-state index in [0.29, 0.717) is 0 Å². The highest BCUT2D eigenvalue weighted by Gasteiger charge is 2.49. The summed E-state index contributed by atoms with van der Waals surface area (Å²) in [5.41, 5.74) is 0. The first-order valence-corrected chi connectivity index (χ1v) is 20.1. The monoisotopic (exact) mass is 367 g/mol. The third-order valence-corrected chi connectivity index (χ3v) is 14.3. The van der Waals surface area contributed by atoms with Crippen molar-refractivity contribution in [3.63, 3.8) is 0 Å². The second kappa shape index (κ2) is 8.00. The van der Waals surface area contributed by atoms with Crippen LogP contribution in [0.5, 0.6) is 0 Å². The Morgan fingerprint density at radius 2 is 1.00 bits per heavy atom. The molecule has 8 heteroatoms. The molecule has 0 rings (SSSR count). The predicted molar refractivity (Wildman–Crippen MR) is 102 cm³/mol. The Kier molecular flexibility index (Phi) is 8.27. The minimum absolute atomic E-state index is 0.923. The normalized spacial score (nSPS) is 14.6. The van der Waals surface area contributed by atoms with Gasteiger partial charge >= 0.3 is 8.80 Å². The lowest BCUT2D eigenvalue weighted by Gasteiger charge is -2.43. The topological polar surface area (TPSA) is 39.7 Å². The second-order valence-electron chi connectivity index (χ2n) is 8.53. The molecule has 0 heterocycles. The van der Waals surface area contributed by atoms with E-state index in [1.165, 1.54) is 0 Å². The fourth-order valence-corrected chi connectivity index (χ4v) is 16.8. The van der Waals surface area contributed by atoms with Crippen molar-refractivity contribution < 1.29 is 12.3 Å². The van der Waals surface area contributed by atoms with Gasteiger partial charge < -0.3 is 17.7 Å². The van der Waals surface area contributed by atoms with Gasteiger partial charge in [0.05, 0.1) is 0 Å². The van der Waals surface area contributed by atoms with Crippen LogP contribution < -0.4 is 5.32 Å². The summed E-state index contributed by atoms with van der Waals surface area (Å²) >= 11 is 0. The van der Waals surface area contributed by atoms with Gasteiger partial charge in [0.25, 0.3) is 0 Å². The first-order valence-electron chi connectivity index (χ1n) is 7.93. The van der Waals surface area contributed by atoms with Crippen LogP contribution in [0, 0.1) is 0 Å². The number of nitrogens with one attached hydrogen (secondary N) is 1. The van der Waals surface area contributed by atoms with Gasteiger partial charge in [-0.3, -0.25) is 0 Å². The Morgan fingerprint density at radius 3 is 1.24 bits per heavy atom. The molecule has 0 aliphatic carbocycles. The Labute approximate surface area is 136 Å². The van der Waals surface area contributed by atoms with Crippen LogP contribution in [0.3, 0.4) is 0 Å². The maximum atomic E-state index is 6.60. The molecule has 0 aliphatic heterocycles. The summed E-state index contributed by atoms with van der Waals surface area (Å²) < 4.78 is 19.8. The van der Waals surface area contributed by atoms with E-state index in [4.69, 9.17) is 12.3 Å². The average Bonchev–Trinajstić information content (AvgIpc) is 2.08. The van der Waals surface area contributed by atoms with Crippen molar-refractivity contribution in [2.24, 2.45) is 0 Å². The summed E-state index contributed by atoms with van der Waals surface area (Å²) in [4.78, 5) is 0. The summed E-state index contributed by atoms with van der Waals surface area (Å²) in [6.07, 6.45) is 1.04. The van der Waals surface area contributed by atoms with Gasteiger partial charge in [0.1, 0.15) is 0 Å². The molecule has 0 aromatic carbocycles.